The summed E-state index contributed by atoms with van der Waals surface area (Å²) in [6.45, 7) is 0. The maximum Gasteiger partial charge on any atom is 0.326 e. The molecule has 4 nitrogen and oxygen atoms in total. The van der Waals surface area contributed by atoms with Crippen LogP contribution in [0.4, 0.5) is 4.39 Å². The maximum absolute atomic E-state index is 13.2. The van der Waals surface area contributed by atoms with Crippen molar-refractivity contribution < 1.29 is 19.1 Å². The lowest BCUT2D eigenvalue weighted by Gasteiger charge is -2.14. The molecule has 0 aliphatic heterocycles. The SMILES string of the molecule is O=C(N[C@H](Cc1ccccc1)C(=O)O)c1cc2cc(F)ccc2s1. The summed E-state index contributed by atoms with van der Waals surface area (Å²) < 4.78 is 14.0. The molecule has 1 amide bonds. The van der Waals surface area contributed by atoms with Crippen LogP contribution in [0.25, 0.3) is 10.1 Å². The van der Waals surface area contributed by atoms with Crippen LogP contribution in [0.2, 0.25) is 0 Å². The zero-order valence-corrected chi connectivity index (χ0v) is 13.3. The van der Waals surface area contributed by atoms with Gasteiger partial charge in [-0.25, -0.2) is 9.18 Å². The molecule has 0 saturated heterocycles. The summed E-state index contributed by atoms with van der Waals surface area (Å²) in [7, 11) is 0. The highest BCUT2D eigenvalue weighted by Crippen LogP contribution is 2.26. The first-order chi connectivity index (χ1) is 11.5. The van der Waals surface area contributed by atoms with Gasteiger partial charge in [-0.3, -0.25) is 4.79 Å². The van der Waals surface area contributed by atoms with Crippen molar-refractivity contribution in [2.45, 2.75) is 12.5 Å². The standard InChI is InChI=1S/C18H14FNO3S/c19-13-6-7-15-12(9-13)10-16(24-15)17(21)20-14(18(22)23)8-11-4-2-1-3-5-11/h1-7,9-10,14H,8H2,(H,20,21)(H,22,23)/t14-/m1/s1. The predicted molar refractivity (Wildman–Crippen MR) is 90.8 cm³/mol. The van der Waals surface area contributed by atoms with Crippen LogP contribution in [-0.2, 0) is 11.2 Å². The molecule has 3 rings (SSSR count). The van der Waals surface area contributed by atoms with E-state index in [9.17, 15) is 19.1 Å². The topological polar surface area (TPSA) is 66.4 Å². The third-order valence-corrected chi connectivity index (χ3v) is 4.70. The zero-order valence-electron chi connectivity index (χ0n) is 12.5. The van der Waals surface area contributed by atoms with Crippen LogP contribution in [0.15, 0.2) is 54.6 Å². The number of carboxylic acid groups (broad SMARTS) is 1. The number of hydrogen-bond acceptors (Lipinski definition) is 3. The van der Waals surface area contributed by atoms with Crippen molar-refractivity contribution in [1.82, 2.24) is 5.32 Å². The largest absolute Gasteiger partial charge is 0.480 e. The van der Waals surface area contributed by atoms with E-state index >= 15 is 0 Å². The van der Waals surface area contributed by atoms with Crippen molar-refractivity contribution in [3.05, 3.63) is 70.9 Å². The van der Waals surface area contributed by atoms with E-state index < -0.39 is 17.9 Å². The number of thiophene rings is 1. The Hall–Kier alpha value is -2.73. The van der Waals surface area contributed by atoms with Crippen LogP contribution < -0.4 is 5.32 Å². The van der Waals surface area contributed by atoms with Gasteiger partial charge < -0.3 is 10.4 Å². The van der Waals surface area contributed by atoms with Gasteiger partial charge in [0.05, 0.1) is 4.88 Å². The molecule has 2 aromatic carbocycles. The second-order valence-electron chi connectivity index (χ2n) is 5.35. The fraction of sp³-hybridized carbons (Fsp3) is 0.111. The van der Waals surface area contributed by atoms with E-state index in [1.807, 2.05) is 30.3 Å². The molecule has 0 aliphatic carbocycles. The fourth-order valence-corrected chi connectivity index (χ4v) is 3.35. The Labute approximate surface area is 141 Å². The second-order valence-corrected chi connectivity index (χ2v) is 6.43. The molecular weight excluding hydrogens is 329 g/mol. The van der Waals surface area contributed by atoms with Crippen molar-refractivity contribution in [3.63, 3.8) is 0 Å². The summed E-state index contributed by atoms with van der Waals surface area (Å²) in [6.07, 6.45) is 0.196. The van der Waals surface area contributed by atoms with Gasteiger partial charge in [-0.2, -0.15) is 0 Å². The zero-order chi connectivity index (χ0) is 17.1. The van der Waals surface area contributed by atoms with Crippen molar-refractivity contribution in [1.29, 1.82) is 0 Å². The predicted octanol–water partition coefficient (Wildman–Crippen LogP) is 3.47. The number of carbonyl (C=O) groups is 2. The Morgan fingerprint density at radius 2 is 1.88 bits per heavy atom. The van der Waals surface area contributed by atoms with Gasteiger partial charge in [0, 0.05) is 11.1 Å². The minimum Gasteiger partial charge on any atom is -0.480 e. The molecule has 122 valence electrons. The molecule has 0 bridgehead atoms. The number of carboxylic acids is 1. The van der Waals surface area contributed by atoms with E-state index in [-0.39, 0.29) is 12.2 Å². The molecule has 0 fully saturated rings. The minimum absolute atomic E-state index is 0.196. The number of carbonyl (C=O) groups excluding carboxylic acids is 1. The summed E-state index contributed by atoms with van der Waals surface area (Å²) in [5.41, 5.74) is 0.823. The van der Waals surface area contributed by atoms with Crippen LogP contribution in [0.5, 0.6) is 0 Å². The quantitative estimate of drug-likeness (QED) is 0.745. The van der Waals surface area contributed by atoms with E-state index in [4.69, 9.17) is 0 Å². The fourth-order valence-electron chi connectivity index (χ4n) is 2.41. The maximum atomic E-state index is 13.2. The summed E-state index contributed by atoms with van der Waals surface area (Å²) in [6, 6.07) is 13.9. The molecule has 1 heterocycles. The summed E-state index contributed by atoms with van der Waals surface area (Å²) in [4.78, 5) is 24.1. The van der Waals surface area contributed by atoms with Crippen LogP contribution in [0.1, 0.15) is 15.2 Å². The molecule has 0 unspecified atom stereocenters. The lowest BCUT2D eigenvalue weighted by atomic mass is 10.1. The normalized spacial score (nSPS) is 12.0. The molecular formula is C18H14FNO3S. The van der Waals surface area contributed by atoms with Gasteiger partial charge in [0.1, 0.15) is 11.9 Å². The van der Waals surface area contributed by atoms with E-state index in [2.05, 4.69) is 5.32 Å². The van der Waals surface area contributed by atoms with Crippen LogP contribution >= 0.6 is 11.3 Å². The molecule has 0 radical (unpaired) electrons. The Morgan fingerprint density at radius 3 is 2.58 bits per heavy atom. The van der Waals surface area contributed by atoms with E-state index in [0.29, 0.717) is 10.3 Å². The number of amides is 1. The monoisotopic (exact) mass is 343 g/mol. The lowest BCUT2D eigenvalue weighted by Crippen LogP contribution is -2.42. The molecule has 3 aromatic rings. The number of halogens is 1. The Balaban J connectivity index is 1.78. The Bertz CT molecular complexity index is 892. The van der Waals surface area contributed by atoms with Gasteiger partial charge in [0.25, 0.3) is 5.91 Å². The Morgan fingerprint density at radius 1 is 1.12 bits per heavy atom. The van der Waals surface area contributed by atoms with E-state index in [1.165, 1.54) is 23.5 Å². The van der Waals surface area contributed by atoms with Crippen LogP contribution in [0, 0.1) is 5.82 Å². The van der Waals surface area contributed by atoms with Crippen molar-refractivity contribution in [3.8, 4) is 0 Å². The highest BCUT2D eigenvalue weighted by Gasteiger charge is 2.22. The highest BCUT2D eigenvalue weighted by molar-refractivity contribution is 7.20. The number of aliphatic carboxylic acids is 1. The minimum atomic E-state index is -1.10. The van der Waals surface area contributed by atoms with Gasteiger partial charge in [0.2, 0.25) is 0 Å². The number of nitrogens with one attached hydrogen (secondary N) is 1. The van der Waals surface area contributed by atoms with Crippen molar-refractivity contribution in [2.75, 3.05) is 0 Å². The van der Waals surface area contributed by atoms with E-state index in [1.54, 1.807) is 12.1 Å². The average Bonchev–Trinajstić information content (AvgIpc) is 2.98. The summed E-state index contributed by atoms with van der Waals surface area (Å²) in [5, 5.41) is 12.5. The third-order valence-electron chi connectivity index (χ3n) is 3.59. The van der Waals surface area contributed by atoms with Crippen LogP contribution in [0.3, 0.4) is 0 Å². The van der Waals surface area contributed by atoms with Crippen LogP contribution in [-0.4, -0.2) is 23.0 Å². The molecule has 1 aromatic heterocycles. The molecule has 24 heavy (non-hydrogen) atoms. The molecule has 6 heteroatoms. The van der Waals surface area contributed by atoms with Gasteiger partial charge >= 0.3 is 5.97 Å². The summed E-state index contributed by atoms with van der Waals surface area (Å²) >= 11 is 1.20. The molecule has 1 atom stereocenters. The lowest BCUT2D eigenvalue weighted by molar-refractivity contribution is -0.139. The van der Waals surface area contributed by atoms with Gasteiger partial charge in [-0.15, -0.1) is 11.3 Å². The van der Waals surface area contributed by atoms with Gasteiger partial charge in [0.15, 0.2) is 0 Å². The smallest absolute Gasteiger partial charge is 0.326 e. The van der Waals surface area contributed by atoms with Crippen molar-refractivity contribution >= 4 is 33.3 Å². The number of benzene rings is 2. The van der Waals surface area contributed by atoms with E-state index in [0.717, 1.165) is 10.3 Å². The number of fused-ring (bicyclic) bond motifs is 1. The third kappa shape index (κ3) is 3.60. The number of rotatable bonds is 5. The molecule has 0 aliphatic rings. The summed E-state index contributed by atoms with van der Waals surface area (Å²) in [5.74, 6) is -1.95. The first-order valence-corrected chi connectivity index (χ1v) is 8.11. The highest BCUT2D eigenvalue weighted by atomic mass is 32.1. The number of hydrogen-bond donors (Lipinski definition) is 2. The first kappa shape index (κ1) is 16.1. The molecule has 0 spiro atoms. The second kappa shape index (κ2) is 6.80. The molecule has 0 saturated carbocycles. The van der Waals surface area contributed by atoms with Crippen molar-refractivity contribution in [2.24, 2.45) is 0 Å². The van der Waals surface area contributed by atoms with Gasteiger partial charge in [-0.05, 0) is 35.2 Å². The average molecular weight is 343 g/mol. The Kier molecular flexibility index (Phi) is 4.57. The van der Waals surface area contributed by atoms with Gasteiger partial charge in [-0.1, -0.05) is 30.3 Å². The first-order valence-electron chi connectivity index (χ1n) is 7.29. The molecule has 2 N–H and O–H groups in total.